The Hall–Kier alpha value is -1.45. The first-order valence-corrected chi connectivity index (χ1v) is 9.47. The number of hydrogen-bond acceptors (Lipinski definition) is 9. The molecule has 1 aliphatic rings. The fraction of sp³-hybridized carbons (Fsp3) is 0.571. The third-order valence-electron chi connectivity index (χ3n) is 3.72. The van der Waals surface area contributed by atoms with Crippen LogP contribution in [0.5, 0.6) is 0 Å². The molecular formula is C14H21N7S2. The Morgan fingerprint density at radius 1 is 1.35 bits per heavy atom. The van der Waals surface area contributed by atoms with Crippen LogP contribution < -0.4 is 16.8 Å². The maximum Gasteiger partial charge on any atom is 0.222 e. The molecule has 0 aromatic carbocycles. The van der Waals surface area contributed by atoms with E-state index in [4.69, 9.17) is 11.5 Å². The molecule has 7 nitrogen and oxygen atoms in total. The second kappa shape index (κ2) is 7.41. The van der Waals surface area contributed by atoms with E-state index in [1.165, 1.54) is 0 Å². The van der Waals surface area contributed by atoms with Crippen molar-refractivity contribution in [1.29, 1.82) is 0 Å². The van der Waals surface area contributed by atoms with Gasteiger partial charge in [0.1, 0.15) is 10.8 Å². The topological polar surface area (TPSA) is 116 Å². The predicted octanol–water partition coefficient (Wildman–Crippen LogP) is 2.02. The minimum atomic E-state index is 0.300. The van der Waals surface area contributed by atoms with Crippen molar-refractivity contribution in [2.24, 2.45) is 5.73 Å². The van der Waals surface area contributed by atoms with Crippen molar-refractivity contribution >= 4 is 34.9 Å². The molecule has 0 spiro atoms. The second-order valence-corrected chi connectivity index (χ2v) is 8.20. The predicted molar refractivity (Wildman–Crippen MR) is 94.9 cm³/mol. The van der Waals surface area contributed by atoms with Gasteiger partial charge in [0.15, 0.2) is 4.34 Å². The first kappa shape index (κ1) is 16.4. The molecular weight excluding hydrogens is 330 g/mol. The lowest BCUT2D eigenvalue weighted by Gasteiger charge is -2.32. The minimum absolute atomic E-state index is 0.300. The Bertz CT molecular complexity index is 654. The number of aromatic nitrogens is 4. The number of thioether (sulfide) groups is 1. The first-order valence-electron chi connectivity index (χ1n) is 7.67. The van der Waals surface area contributed by atoms with Crippen LogP contribution in [0.2, 0.25) is 0 Å². The Morgan fingerprint density at radius 3 is 2.87 bits per heavy atom. The van der Waals surface area contributed by atoms with E-state index in [9.17, 15) is 0 Å². The molecule has 2 aromatic heterocycles. The van der Waals surface area contributed by atoms with Gasteiger partial charge in [-0.2, -0.15) is 4.98 Å². The molecule has 0 aliphatic heterocycles. The molecule has 23 heavy (non-hydrogen) atoms. The van der Waals surface area contributed by atoms with Crippen LogP contribution in [0.1, 0.15) is 35.9 Å². The highest BCUT2D eigenvalue weighted by Gasteiger charge is 2.29. The van der Waals surface area contributed by atoms with Crippen molar-refractivity contribution in [2.45, 2.75) is 42.5 Å². The molecule has 1 aliphatic carbocycles. The fourth-order valence-corrected chi connectivity index (χ4v) is 4.30. The molecule has 2 heterocycles. The van der Waals surface area contributed by atoms with Crippen molar-refractivity contribution in [3.05, 3.63) is 16.8 Å². The normalized spacial score (nSPS) is 20.3. The largest absolute Gasteiger partial charge is 0.370 e. The zero-order valence-electron chi connectivity index (χ0n) is 13.0. The zero-order chi connectivity index (χ0) is 16.2. The lowest BCUT2D eigenvalue weighted by molar-refractivity contribution is 0.345. The van der Waals surface area contributed by atoms with E-state index in [2.05, 4.69) is 25.5 Å². The van der Waals surface area contributed by atoms with Crippen LogP contribution in [0.3, 0.4) is 0 Å². The third kappa shape index (κ3) is 4.52. The van der Waals surface area contributed by atoms with Gasteiger partial charge < -0.3 is 16.8 Å². The van der Waals surface area contributed by atoms with Gasteiger partial charge in [-0.25, -0.2) is 4.98 Å². The number of nitrogen functional groups attached to an aromatic ring is 1. The molecule has 0 saturated heterocycles. The summed E-state index contributed by atoms with van der Waals surface area (Å²) in [6, 6.07) is 2.29. The molecule has 1 saturated carbocycles. The number of nitrogens with two attached hydrogens (primary N) is 2. The summed E-state index contributed by atoms with van der Waals surface area (Å²) in [6.07, 6.45) is 2.97. The van der Waals surface area contributed by atoms with E-state index < -0.39 is 0 Å². The van der Waals surface area contributed by atoms with E-state index in [0.29, 0.717) is 17.9 Å². The quantitative estimate of drug-likeness (QED) is 0.512. The Morgan fingerprint density at radius 2 is 2.17 bits per heavy atom. The van der Waals surface area contributed by atoms with Gasteiger partial charge in [0, 0.05) is 30.3 Å². The number of hydrogen-bond donors (Lipinski definition) is 3. The van der Waals surface area contributed by atoms with Crippen LogP contribution in [0.4, 0.5) is 11.8 Å². The maximum atomic E-state index is 5.84. The van der Waals surface area contributed by atoms with Crippen molar-refractivity contribution in [3.63, 3.8) is 0 Å². The maximum absolute atomic E-state index is 5.84. The van der Waals surface area contributed by atoms with Crippen molar-refractivity contribution < 1.29 is 0 Å². The molecule has 124 valence electrons. The third-order valence-corrected chi connectivity index (χ3v) is 5.77. The van der Waals surface area contributed by atoms with Crippen molar-refractivity contribution in [2.75, 3.05) is 23.3 Å². The van der Waals surface area contributed by atoms with E-state index in [-0.39, 0.29) is 0 Å². The molecule has 0 unspecified atom stereocenters. The van der Waals surface area contributed by atoms with Crippen molar-refractivity contribution in [3.8, 4) is 0 Å². The van der Waals surface area contributed by atoms with E-state index in [1.807, 2.05) is 13.0 Å². The SMILES string of the molecule is Cc1nnc(SCCCNc2cc(C3CC(N)C3)nc(N)n2)s1. The number of nitrogens with one attached hydrogen (secondary N) is 1. The number of rotatable bonds is 7. The van der Waals surface area contributed by atoms with Crippen LogP contribution in [0.15, 0.2) is 10.4 Å². The average molecular weight is 352 g/mol. The van der Waals surface area contributed by atoms with Crippen LogP contribution in [0.25, 0.3) is 0 Å². The van der Waals surface area contributed by atoms with Crippen LogP contribution in [-0.2, 0) is 0 Å². The van der Waals surface area contributed by atoms with Gasteiger partial charge in [0.25, 0.3) is 0 Å². The first-order chi connectivity index (χ1) is 11.1. The van der Waals surface area contributed by atoms with Crippen molar-refractivity contribution in [1.82, 2.24) is 20.2 Å². The summed E-state index contributed by atoms with van der Waals surface area (Å²) in [5, 5.41) is 12.4. The Kier molecular flexibility index (Phi) is 5.29. The summed E-state index contributed by atoms with van der Waals surface area (Å²) in [4.78, 5) is 8.58. The van der Waals surface area contributed by atoms with E-state index >= 15 is 0 Å². The number of aryl methyl sites for hydroxylation is 1. The molecule has 0 atom stereocenters. The van der Waals surface area contributed by atoms with Crippen LogP contribution >= 0.6 is 23.1 Å². The van der Waals surface area contributed by atoms with E-state index in [1.54, 1.807) is 23.1 Å². The van der Waals surface area contributed by atoms with Gasteiger partial charge in [0.2, 0.25) is 5.95 Å². The highest BCUT2D eigenvalue weighted by molar-refractivity contribution is 8.01. The lowest BCUT2D eigenvalue weighted by atomic mass is 9.78. The summed E-state index contributed by atoms with van der Waals surface area (Å²) >= 11 is 3.37. The van der Waals surface area contributed by atoms with Gasteiger partial charge in [-0.15, -0.1) is 10.2 Å². The van der Waals surface area contributed by atoms with Gasteiger partial charge in [-0.05, 0) is 26.2 Å². The van der Waals surface area contributed by atoms with Gasteiger partial charge in [-0.3, -0.25) is 0 Å². The Labute approximate surface area is 143 Å². The van der Waals surface area contributed by atoms with Gasteiger partial charge in [0.05, 0.1) is 5.69 Å². The lowest BCUT2D eigenvalue weighted by Crippen LogP contribution is -2.35. The molecule has 0 amide bonds. The summed E-state index contributed by atoms with van der Waals surface area (Å²) in [5.41, 5.74) is 12.7. The average Bonchev–Trinajstić information content (AvgIpc) is 2.88. The molecule has 0 bridgehead atoms. The zero-order valence-corrected chi connectivity index (χ0v) is 14.7. The van der Waals surface area contributed by atoms with E-state index in [0.717, 1.165) is 52.4 Å². The highest BCUT2D eigenvalue weighted by atomic mass is 32.2. The summed E-state index contributed by atoms with van der Waals surface area (Å²) in [5.74, 6) is 2.54. The van der Waals surface area contributed by atoms with Gasteiger partial charge >= 0.3 is 0 Å². The molecule has 0 radical (unpaired) electrons. The fourth-order valence-electron chi connectivity index (χ4n) is 2.47. The summed E-state index contributed by atoms with van der Waals surface area (Å²) in [6.45, 7) is 2.81. The number of nitrogens with zero attached hydrogens (tertiary/aromatic N) is 4. The van der Waals surface area contributed by atoms with Crippen LogP contribution in [0, 0.1) is 6.92 Å². The molecule has 3 rings (SSSR count). The minimum Gasteiger partial charge on any atom is -0.370 e. The Balaban J connectivity index is 1.44. The standard InChI is InChI=1S/C14H21N7S2/c1-8-20-21-14(23-8)22-4-2-3-17-12-7-11(18-13(16)19-12)9-5-10(15)6-9/h7,9-10H,2-6,15H2,1H3,(H3,16,17,18,19). The molecule has 2 aromatic rings. The summed E-state index contributed by atoms with van der Waals surface area (Å²) < 4.78 is 1.03. The second-order valence-electron chi connectivity index (χ2n) is 5.68. The monoisotopic (exact) mass is 351 g/mol. The summed E-state index contributed by atoms with van der Waals surface area (Å²) in [7, 11) is 0. The molecule has 5 N–H and O–H groups in total. The van der Waals surface area contributed by atoms with Gasteiger partial charge in [-0.1, -0.05) is 23.1 Å². The number of anilines is 2. The smallest absolute Gasteiger partial charge is 0.222 e. The highest BCUT2D eigenvalue weighted by Crippen LogP contribution is 2.35. The molecule has 1 fully saturated rings. The molecule has 9 heteroatoms. The van der Waals surface area contributed by atoms with Crippen LogP contribution in [-0.4, -0.2) is 38.5 Å².